The first-order chi connectivity index (χ1) is 9.24. The Kier molecular flexibility index (Phi) is 5.39. The Balaban J connectivity index is 2.85. The van der Waals surface area contributed by atoms with Crippen molar-refractivity contribution in [2.45, 2.75) is 39.3 Å². The molecule has 0 aliphatic carbocycles. The zero-order valence-corrected chi connectivity index (χ0v) is 12.8. The van der Waals surface area contributed by atoms with Gasteiger partial charge in [0.1, 0.15) is 11.4 Å². The lowest BCUT2D eigenvalue weighted by Gasteiger charge is -2.26. The summed E-state index contributed by atoms with van der Waals surface area (Å²) in [4.78, 5) is 13.5. The molecule has 0 aliphatic rings. The molecule has 1 atom stereocenters. The normalized spacial score (nSPS) is 12.7. The second-order valence-electron chi connectivity index (χ2n) is 5.78. The van der Waals surface area contributed by atoms with Gasteiger partial charge >= 0.3 is 6.03 Å². The van der Waals surface area contributed by atoms with E-state index in [0.717, 1.165) is 0 Å². The standard InChI is InChI=1S/C15H24N2O3/c1-11(10-18)17(5)14(19)16-12-8-6-7-9-13(12)20-15(2,3)4/h6-9,11,18H,10H2,1-5H3,(H,16,19). The van der Waals surface area contributed by atoms with Crippen LogP contribution in [0.25, 0.3) is 0 Å². The molecule has 5 nitrogen and oxygen atoms in total. The van der Waals surface area contributed by atoms with E-state index in [1.807, 2.05) is 39.0 Å². The van der Waals surface area contributed by atoms with Crippen LogP contribution in [0.3, 0.4) is 0 Å². The molecular weight excluding hydrogens is 256 g/mol. The van der Waals surface area contributed by atoms with Crippen molar-refractivity contribution in [1.82, 2.24) is 4.90 Å². The van der Waals surface area contributed by atoms with Crippen LogP contribution in [0.1, 0.15) is 27.7 Å². The highest BCUT2D eigenvalue weighted by atomic mass is 16.5. The molecule has 0 heterocycles. The van der Waals surface area contributed by atoms with Crippen molar-refractivity contribution in [3.05, 3.63) is 24.3 Å². The molecule has 1 rings (SSSR count). The number of anilines is 1. The van der Waals surface area contributed by atoms with E-state index in [1.54, 1.807) is 20.0 Å². The number of likely N-dealkylation sites (N-methyl/N-ethyl adjacent to an activating group) is 1. The molecular formula is C15H24N2O3. The van der Waals surface area contributed by atoms with Crippen molar-refractivity contribution in [3.8, 4) is 5.75 Å². The topological polar surface area (TPSA) is 61.8 Å². The average molecular weight is 280 g/mol. The first kappa shape index (κ1) is 16.3. The zero-order valence-electron chi connectivity index (χ0n) is 12.8. The van der Waals surface area contributed by atoms with Crippen molar-refractivity contribution in [2.75, 3.05) is 19.0 Å². The number of urea groups is 1. The Bertz CT molecular complexity index is 455. The van der Waals surface area contributed by atoms with Crippen LogP contribution in [-0.2, 0) is 0 Å². The molecule has 112 valence electrons. The lowest BCUT2D eigenvalue weighted by atomic mass is 10.2. The van der Waals surface area contributed by atoms with Gasteiger partial charge in [-0.25, -0.2) is 4.79 Å². The number of ether oxygens (including phenoxy) is 1. The highest BCUT2D eigenvalue weighted by Gasteiger charge is 2.18. The Morgan fingerprint density at radius 2 is 2.00 bits per heavy atom. The summed E-state index contributed by atoms with van der Waals surface area (Å²) in [6.07, 6.45) is 0. The summed E-state index contributed by atoms with van der Waals surface area (Å²) in [5, 5.41) is 11.9. The summed E-state index contributed by atoms with van der Waals surface area (Å²) in [5.41, 5.74) is 0.273. The van der Waals surface area contributed by atoms with E-state index in [9.17, 15) is 4.79 Å². The van der Waals surface area contributed by atoms with Crippen molar-refractivity contribution in [3.63, 3.8) is 0 Å². The number of nitrogens with zero attached hydrogens (tertiary/aromatic N) is 1. The van der Waals surface area contributed by atoms with Gasteiger partial charge in [0.2, 0.25) is 0 Å². The Morgan fingerprint density at radius 1 is 1.40 bits per heavy atom. The number of aliphatic hydroxyl groups is 1. The van der Waals surface area contributed by atoms with E-state index in [0.29, 0.717) is 11.4 Å². The Hall–Kier alpha value is -1.75. The number of aliphatic hydroxyl groups excluding tert-OH is 1. The van der Waals surface area contributed by atoms with E-state index >= 15 is 0 Å². The summed E-state index contributed by atoms with van der Waals surface area (Å²) in [6.45, 7) is 7.55. The van der Waals surface area contributed by atoms with Crippen molar-refractivity contribution in [2.24, 2.45) is 0 Å². The zero-order chi connectivity index (χ0) is 15.3. The first-order valence-electron chi connectivity index (χ1n) is 6.67. The third-order valence-corrected chi connectivity index (χ3v) is 2.79. The number of para-hydroxylation sites is 2. The molecule has 0 bridgehead atoms. The molecule has 1 unspecified atom stereocenters. The number of hydrogen-bond acceptors (Lipinski definition) is 3. The summed E-state index contributed by atoms with van der Waals surface area (Å²) in [7, 11) is 1.64. The van der Waals surface area contributed by atoms with Crippen LogP contribution in [0.4, 0.5) is 10.5 Å². The lowest BCUT2D eigenvalue weighted by molar-refractivity contribution is 0.131. The van der Waals surface area contributed by atoms with Crippen LogP contribution in [0.5, 0.6) is 5.75 Å². The fourth-order valence-electron chi connectivity index (χ4n) is 1.51. The molecule has 2 amide bonds. The molecule has 1 aromatic rings. The maximum Gasteiger partial charge on any atom is 0.322 e. The van der Waals surface area contributed by atoms with E-state index in [1.165, 1.54) is 4.90 Å². The third kappa shape index (κ3) is 4.74. The second kappa shape index (κ2) is 6.61. The molecule has 0 saturated carbocycles. The van der Waals surface area contributed by atoms with Gasteiger partial charge in [-0.1, -0.05) is 12.1 Å². The van der Waals surface area contributed by atoms with Crippen molar-refractivity contribution in [1.29, 1.82) is 0 Å². The van der Waals surface area contributed by atoms with Crippen LogP contribution in [0, 0.1) is 0 Å². The smallest absolute Gasteiger partial charge is 0.322 e. The highest BCUT2D eigenvalue weighted by molar-refractivity contribution is 5.91. The van der Waals surface area contributed by atoms with Crippen LogP contribution < -0.4 is 10.1 Å². The number of nitrogens with one attached hydrogen (secondary N) is 1. The molecule has 20 heavy (non-hydrogen) atoms. The number of amides is 2. The highest BCUT2D eigenvalue weighted by Crippen LogP contribution is 2.27. The number of carbonyl (C=O) groups is 1. The van der Waals surface area contributed by atoms with Gasteiger partial charge in [-0.2, -0.15) is 0 Å². The largest absolute Gasteiger partial charge is 0.486 e. The van der Waals surface area contributed by atoms with Crippen LogP contribution in [0.15, 0.2) is 24.3 Å². The quantitative estimate of drug-likeness (QED) is 0.891. The van der Waals surface area contributed by atoms with Gasteiger partial charge in [0.15, 0.2) is 0 Å². The van der Waals surface area contributed by atoms with Crippen LogP contribution >= 0.6 is 0 Å². The summed E-state index contributed by atoms with van der Waals surface area (Å²) < 4.78 is 5.82. The monoisotopic (exact) mass is 280 g/mol. The van der Waals surface area contributed by atoms with Gasteiger partial charge in [0.05, 0.1) is 18.3 Å². The minimum absolute atomic E-state index is 0.0793. The predicted octanol–water partition coefficient (Wildman–Crippen LogP) is 2.71. The predicted molar refractivity (Wildman–Crippen MR) is 80.2 cm³/mol. The van der Waals surface area contributed by atoms with E-state index in [2.05, 4.69) is 5.32 Å². The molecule has 0 radical (unpaired) electrons. The summed E-state index contributed by atoms with van der Waals surface area (Å²) in [5.74, 6) is 0.624. The molecule has 0 saturated heterocycles. The van der Waals surface area contributed by atoms with E-state index < -0.39 is 0 Å². The van der Waals surface area contributed by atoms with E-state index in [4.69, 9.17) is 9.84 Å². The molecule has 2 N–H and O–H groups in total. The maximum absolute atomic E-state index is 12.1. The summed E-state index contributed by atoms with van der Waals surface area (Å²) >= 11 is 0. The minimum Gasteiger partial charge on any atom is -0.486 e. The molecule has 0 fully saturated rings. The average Bonchev–Trinajstić information content (AvgIpc) is 2.37. The maximum atomic E-state index is 12.1. The number of benzene rings is 1. The number of carbonyl (C=O) groups excluding carboxylic acids is 1. The molecule has 5 heteroatoms. The molecule has 0 aromatic heterocycles. The molecule has 0 aliphatic heterocycles. The fraction of sp³-hybridized carbons (Fsp3) is 0.533. The van der Waals surface area contributed by atoms with Gasteiger partial charge in [-0.15, -0.1) is 0 Å². The van der Waals surface area contributed by atoms with Gasteiger partial charge < -0.3 is 20.1 Å². The van der Waals surface area contributed by atoms with Gasteiger partial charge in [-0.3, -0.25) is 0 Å². The van der Waals surface area contributed by atoms with Gasteiger partial charge in [0, 0.05) is 7.05 Å². The van der Waals surface area contributed by atoms with Crippen molar-refractivity contribution < 1.29 is 14.6 Å². The summed E-state index contributed by atoms with van der Waals surface area (Å²) in [6, 6.07) is 6.77. The third-order valence-electron chi connectivity index (χ3n) is 2.79. The van der Waals surface area contributed by atoms with Gasteiger partial charge in [0.25, 0.3) is 0 Å². The van der Waals surface area contributed by atoms with Crippen LogP contribution in [-0.4, -0.2) is 41.3 Å². The lowest BCUT2D eigenvalue weighted by Crippen LogP contribution is -2.40. The van der Waals surface area contributed by atoms with Crippen LogP contribution in [0.2, 0.25) is 0 Å². The van der Waals surface area contributed by atoms with E-state index in [-0.39, 0.29) is 24.3 Å². The van der Waals surface area contributed by atoms with Gasteiger partial charge in [-0.05, 0) is 39.8 Å². The Morgan fingerprint density at radius 3 is 2.55 bits per heavy atom. The van der Waals surface area contributed by atoms with Crippen molar-refractivity contribution >= 4 is 11.7 Å². The fourth-order valence-corrected chi connectivity index (χ4v) is 1.51. The second-order valence-corrected chi connectivity index (χ2v) is 5.78. The number of rotatable bonds is 4. The molecule has 0 spiro atoms. The number of hydrogen-bond donors (Lipinski definition) is 2. The first-order valence-corrected chi connectivity index (χ1v) is 6.67. The molecule has 1 aromatic carbocycles. The minimum atomic E-state index is -0.342. The SMILES string of the molecule is CC(CO)N(C)C(=O)Nc1ccccc1OC(C)(C)C. The Labute approximate surface area is 120 Å².